The number of aryl methyl sites for hydroxylation is 1. The molecule has 3 rings (SSSR count). The minimum atomic E-state index is -0.700. The molecule has 0 bridgehead atoms. The Hall–Kier alpha value is -2.99. The smallest absolute Gasteiger partial charge is 0.251 e. The summed E-state index contributed by atoms with van der Waals surface area (Å²) in [7, 11) is 0. The van der Waals surface area contributed by atoms with Crippen LogP contribution in [0.4, 0.5) is 5.13 Å². The molecule has 0 aliphatic heterocycles. The second-order valence-corrected chi connectivity index (χ2v) is 6.72. The van der Waals surface area contributed by atoms with Crippen molar-refractivity contribution in [2.45, 2.75) is 19.4 Å². The van der Waals surface area contributed by atoms with Crippen LogP contribution >= 0.6 is 11.3 Å². The van der Waals surface area contributed by atoms with Gasteiger partial charge in [-0.15, -0.1) is 11.3 Å². The van der Waals surface area contributed by atoms with Gasteiger partial charge < -0.3 is 10.6 Å². The quantitative estimate of drug-likeness (QED) is 0.703. The molecule has 2 N–H and O–H groups in total. The van der Waals surface area contributed by atoms with Gasteiger partial charge in [-0.2, -0.15) is 0 Å². The summed E-state index contributed by atoms with van der Waals surface area (Å²) in [5.41, 5.74) is 2.33. The molecule has 1 atom stereocenters. The Labute approximate surface area is 156 Å². The van der Waals surface area contributed by atoms with Crippen molar-refractivity contribution in [2.24, 2.45) is 0 Å². The summed E-state index contributed by atoms with van der Waals surface area (Å²) in [6, 6.07) is 17.8. The van der Waals surface area contributed by atoms with E-state index in [1.165, 1.54) is 11.3 Å². The van der Waals surface area contributed by atoms with Gasteiger partial charge in [0.05, 0.1) is 5.69 Å². The van der Waals surface area contributed by atoms with Crippen LogP contribution in [-0.4, -0.2) is 22.8 Å². The van der Waals surface area contributed by atoms with E-state index >= 15 is 0 Å². The van der Waals surface area contributed by atoms with Crippen LogP contribution in [0.25, 0.3) is 0 Å². The first kappa shape index (κ1) is 17.8. The predicted molar refractivity (Wildman–Crippen MR) is 103 cm³/mol. The summed E-state index contributed by atoms with van der Waals surface area (Å²) in [5.74, 6) is -0.565. The first-order valence-electron chi connectivity index (χ1n) is 8.24. The number of thiazole rings is 1. The third kappa shape index (κ3) is 4.77. The van der Waals surface area contributed by atoms with E-state index in [9.17, 15) is 9.59 Å². The number of hydrogen-bond donors (Lipinski definition) is 2. The first-order valence-corrected chi connectivity index (χ1v) is 9.12. The van der Waals surface area contributed by atoms with E-state index in [2.05, 4.69) is 15.6 Å². The third-order valence-corrected chi connectivity index (χ3v) is 4.67. The van der Waals surface area contributed by atoms with Crippen molar-refractivity contribution in [1.29, 1.82) is 0 Å². The van der Waals surface area contributed by atoms with Crippen LogP contribution in [0.1, 0.15) is 21.6 Å². The monoisotopic (exact) mass is 365 g/mol. The zero-order chi connectivity index (χ0) is 18.4. The van der Waals surface area contributed by atoms with Crippen LogP contribution in [0.5, 0.6) is 0 Å². The molecule has 5 nitrogen and oxygen atoms in total. The Morgan fingerprint density at radius 1 is 1.04 bits per heavy atom. The average Bonchev–Trinajstić information content (AvgIpc) is 3.07. The number of nitrogens with zero attached hydrogens (tertiary/aromatic N) is 1. The van der Waals surface area contributed by atoms with E-state index in [0.29, 0.717) is 17.1 Å². The largest absolute Gasteiger partial charge is 0.340 e. The van der Waals surface area contributed by atoms with Gasteiger partial charge in [0.15, 0.2) is 5.13 Å². The van der Waals surface area contributed by atoms with E-state index in [0.717, 1.165) is 11.3 Å². The normalized spacial score (nSPS) is 11.6. The van der Waals surface area contributed by atoms with Gasteiger partial charge in [-0.25, -0.2) is 4.98 Å². The van der Waals surface area contributed by atoms with E-state index in [-0.39, 0.29) is 11.8 Å². The average molecular weight is 365 g/mol. The Balaban J connectivity index is 1.76. The summed E-state index contributed by atoms with van der Waals surface area (Å²) in [5, 5.41) is 8.02. The summed E-state index contributed by atoms with van der Waals surface area (Å²) in [4.78, 5) is 29.5. The number of carbonyl (C=O) groups is 2. The van der Waals surface area contributed by atoms with Crippen molar-refractivity contribution < 1.29 is 9.59 Å². The molecule has 0 unspecified atom stereocenters. The molecule has 0 fully saturated rings. The van der Waals surface area contributed by atoms with Crippen molar-refractivity contribution in [3.63, 3.8) is 0 Å². The zero-order valence-corrected chi connectivity index (χ0v) is 15.1. The Bertz CT molecular complexity index is 878. The van der Waals surface area contributed by atoms with Crippen LogP contribution < -0.4 is 10.6 Å². The molecule has 2 aromatic carbocycles. The highest BCUT2D eigenvalue weighted by molar-refractivity contribution is 7.13. The van der Waals surface area contributed by atoms with E-state index in [1.807, 2.05) is 48.7 Å². The van der Waals surface area contributed by atoms with Crippen LogP contribution in [0.2, 0.25) is 0 Å². The van der Waals surface area contributed by atoms with E-state index in [1.54, 1.807) is 24.3 Å². The number of hydrogen-bond acceptors (Lipinski definition) is 4. The number of aromatic nitrogens is 1. The summed E-state index contributed by atoms with van der Waals surface area (Å²) < 4.78 is 0. The number of amides is 2. The molecule has 0 aliphatic rings. The molecular formula is C20H19N3O2S. The van der Waals surface area contributed by atoms with E-state index in [4.69, 9.17) is 0 Å². The highest BCUT2D eigenvalue weighted by Gasteiger charge is 2.22. The van der Waals surface area contributed by atoms with Gasteiger partial charge >= 0.3 is 0 Å². The molecule has 6 heteroatoms. The van der Waals surface area contributed by atoms with Gasteiger partial charge in [0.2, 0.25) is 5.91 Å². The minimum Gasteiger partial charge on any atom is -0.340 e. The second-order valence-electron chi connectivity index (χ2n) is 5.87. The molecule has 0 saturated carbocycles. The standard InChI is InChI=1S/C20H19N3O2S/c1-14-13-26-20(21-14)23-19(25)17(12-15-8-4-2-5-9-15)22-18(24)16-10-6-3-7-11-16/h2-11,13,17H,12H2,1H3,(H,22,24)(H,21,23,25)/t17-/m0/s1. The number of carbonyl (C=O) groups excluding carboxylic acids is 2. The highest BCUT2D eigenvalue weighted by atomic mass is 32.1. The lowest BCUT2D eigenvalue weighted by molar-refractivity contribution is -0.118. The van der Waals surface area contributed by atoms with Gasteiger partial charge in [0, 0.05) is 17.4 Å². The van der Waals surface area contributed by atoms with Crippen LogP contribution in [0.15, 0.2) is 66.0 Å². The Kier molecular flexibility index (Phi) is 5.76. The number of nitrogens with one attached hydrogen (secondary N) is 2. The Morgan fingerprint density at radius 3 is 2.31 bits per heavy atom. The topological polar surface area (TPSA) is 71.1 Å². The third-order valence-electron chi connectivity index (χ3n) is 3.79. The van der Waals surface area contributed by atoms with Gasteiger partial charge in [-0.05, 0) is 24.6 Å². The molecule has 0 aliphatic carbocycles. The molecular weight excluding hydrogens is 346 g/mol. The molecule has 2 amide bonds. The maximum Gasteiger partial charge on any atom is 0.251 e. The van der Waals surface area contributed by atoms with Crippen LogP contribution in [0, 0.1) is 6.92 Å². The van der Waals surface area contributed by atoms with Gasteiger partial charge in [0.25, 0.3) is 5.91 Å². The fraction of sp³-hybridized carbons (Fsp3) is 0.150. The fourth-order valence-electron chi connectivity index (χ4n) is 2.49. The molecule has 1 aromatic heterocycles. The molecule has 26 heavy (non-hydrogen) atoms. The van der Waals surface area contributed by atoms with Crippen molar-refractivity contribution in [3.05, 3.63) is 82.9 Å². The maximum absolute atomic E-state index is 12.7. The van der Waals surface area contributed by atoms with Gasteiger partial charge in [0.1, 0.15) is 6.04 Å². The first-order chi connectivity index (χ1) is 12.6. The van der Waals surface area contributed by atoms with Crippen molar-refractivity contribution >= 4 is 28.3 Å². The van der Waals surface area contributed by atoms with Crippen molar-refractivity contribution in [3.8, 4) is 0 Å². The minimum absolute atomic E-state index is 0.281. The van der Waals surface area contributed by atoms with Crippen molar-refractivity contribution in [2.75, 3.05) is 5.32 Å². The molecule has 132 valence electrons. The van der Waals surface area contributed by atoms with Crippen LogP contribution in [-0.2, 0) is 11.2 Å². The summed E-state index contributed by atoms with van der Waals surface area (Å²) >= 11 is 1.36. The molecule has 0 saturated heterocycles. The van der Waals surface area contributed by atoms with E-state index < -0.39 is 6.04 Å². The lowest BCUT2D eigenvalue weighted by Crippen LogP contribution is -2.45. The number of anilines is 1. The van der Waals surface area contributed by atoms with Crippen molar-refractivity contribution in [1.82, 2.24) is 10.3 Å². The molecule has 0 radical (unpaired) electrons. The molecule has 3 aromatic rings. The highest BCUT2D eigenvalue weighted by Crippen LogP contribution is 2.15. The lowest BCUT2D eigenvalue weighted by atomic mass is 10.0. The SMILES string of the molecule is Cc1csc(NC(=O)[C@H](Cc2ccccc2)NC(=O)c2ccccc2)n1. The number of rotatable bonds is 6. The number of benzene rings is 2. The Morgan fingerprint density at radius 2 is 1.69 bits per heavy atom. The summed E-state index contributed by atoms with van der Waals surface area (Å²) in [6.45, 7) is 1.87. The second kappa shape index (κ2) is 8.40. The molecule has 0 spiro atoms. The maximum atomic E-state index is 12.7. The predicted octanol–water partition coefficient (Wildman–Crippen LogP) is 3.43. The molecule has 1 heterocycles. The summed E-state index contributed by atoms with van der Waals surface area (Å²) in [6.07, 6.45) is 0.398. The van der Waals surface area contributed by atoms with Gasteiger partial charge in [-0.1, -0.05) is 48.5 Å². The van der Waals surface area contributed by atoms with Gasteiger partial charge in [-0.3, -0.25) is 9.59 Å². The fourth-order valence-corrected chi connectivity index (χ4v) is 3.19. The zero-order valence-electron chi connectivity index (χ0n) is 14.3. The van der Waals surface area contributed by atoms with Crippen LogP contribution in [0.3, 0.4) is 0 Å². The lowest BCUT2D eigenvalue weighted by Gasteiger charge is -2.18.